The van der Waals surface area contributed by atoms with Crippen molar-refractivity contribution >= 4 is 11.8 Å². The van der Waals surface area contributed by atoms with Gasteiger partial charge in [-0.3, -0.25) is 9.59 Å². The molecule has 0 N–H and O–H groups in total. The number of piperidine rings is 1. The molecule has 2 saturated heterocycles. The van der Waals surface area contributed by atoms with Gasteiger partial charge in [-0.1, -0.05) is 18.7 Å². The normalized spacial score (nSPS) is 24.6. The number of alkyl halides is 2. The number of hydrogen-bond acceptors (Lipinski definition) is 3. The third kappa shape index (κ3) is 4.28. The highest BCUT2D eigenvalue weighted by atomic mass is 19.3. The Morgan fingerprint density at radius 3 is 2.56 bits per heavy atom. The minimum Gasteiger partial charge on any atom is -0.497 e. The van der Waals surface area contributed by atoms with E-state index in [4.69, 9.17) is 4.74 Å². The van der Waals surface area contributed by atoms with Crippen molar-refractivity contribution in [1.82, 2.24) is 9.80 Å². The predicted octanol–water partition coefficient (Wildman–Crippen LogP) is 2.68. The molecule has 1 aromatic carbocycles. The number of likely N-dealkylation sites (tertiary alicyclic amines) is 2. The summed E-state index contributed by atoms with van der Waals surface area (Å²) in [5.41, 5.74) is 1.10. The van der Waals surface area contributed by atoms with E-state index in [-0.39, 0.29) is 18.4 Å². The zero-order chi connectivity index (χ0) is 19.6. The summed E-state index contributed by atoms with van der Waals surface area (Å²) in [6.45, 7) is 3.74. The molecule has 2 unspecified atom stereocenters. The van der Waals surface area contributed by atoms with Crippen LogP contribution in [0.4, 0.5) is 8.78 Å². The summed E-state index contributed by atoms with van der Waals surface area (Å²) in [7, 11) is 1.60. The number of carbonyl (C=O) groups excluding carboxylic acids is 2. The SMILES string of the molecule is C=CC(=O)N1CC(C(=O)N2CCC(c3ccc(OC)cc3)C2)CC(F)(F)C1. The van der Waals surface area contributed by atoms with Crippen LogP contribution in [-0.2, 0) is 9.59 Å². The Morgan fingerprint density at radius 2 is 1.93 bits per heavy atom. The summed E-state index contributed by atoms with van der Waals surface area (Å²) < 4.78 is 33.3. The average molecular weight is 378 g/mol. The van der Waals surface area contributed by atoms with Crippen molar-refractivity contribution < 1.29 is 23.1 Å². The van der Waals surface area contributed by atoms with Crippen LogP contribution in [0.25, 0.3) is 0 Å². The van der Waals surface area contributed by atoms with Gasteiger partial charge in [0.05, 0.1) is 19.6 Å². The van der Waals surface area contributed by atoms with E-state index in [0.717, 1.165) is 28.7 Å². The lowest BCUT2D eigenvalue weighted by Gasteiger charge is -2.37. The molecule has 27 heavy (non-hydrogen) atoms. The molecular formula is C20H24F2N2O3. The number of benzene rings is 1. The van der Waals surface area contributed by atoms with E-state index in [0.29, 0.717) is 13.1 Å². The van der Waals surface area contributed by atoms with Gasteiger partial charge in [0.25, 0.3) is 5.92 Å². The van der Waals surface area contributed by atoms with E-state index in [9.17, 15) is 18.4 Å². The third-order valence-corrected chi connectivity index (χ3v) is 5.33. The first-order valence-corrected chi connectivity index (χ1v) is 9.05. The van der Waals surface area contributed by atoms with E-state index in [1.165, 1.54) is 0 Å². The average Bonchev–Trinajstić information content (AvgIpc) is 3.15. The molecule has 7 heteroatoms. The maximum absolute atomic E-state index is 14.1. The fraction of sp³-hybridized carbons (Fsp3) is 0.500. The number of rotatable bonds is 4. The van der Waals surface area contributed by atoms with Crippen LogP contribution in [0.3, 0.4) is 0 Å². The molecule has 2 aliphatic rings. The van der Waals surface area contributed by atoms with Gasteiger partial charge in [-0.25, -0.2) is 8.78 Å². The summed E-state index contributed by atoms with van der Waals surface area (Å²) in [4.78, 5) is 27.3. The Kier molecular flexibility index (Phi) is 5.48. The maximum Gasteiger partial charge on any atom is 0.266 e. The van der Waals surface area contributed by atoms with Crippen LogP contribution >= 0.6 is 0 Å². The largest absolute Gasteiger partial charge is 0.497 e. The van der Waals surface area contributed by atoms with Crippen LogP contribution in [0.1, 0.15) is 24.3 Å². The van der Waals surface area contributed by atoms with Crippen LogP contribution in [0.2, 0.25) is 0 Å². The topological polar surface area (TPSA) is 49.9 Å². The summed E-state index contributed by atoms with van der Waals surface area (Å²) in [6, 6.07) is 7.69. The lowest BCUT2D eigenvalue weighted by atomic mass is 9.93. The second-order valence-electron chi connectivity index (χ2n) is 7.22. The smallest absolute Gasteiger partial charge is 0.266 e. The predicted molar refractivity (Wildman–Crippen MR) is 96.8 cm³/mol. The number of methoxy groups -OCH3 is 1. The fourth-order valence-electron chi connectivity index (χ4n) is 3.93. The van der Waals surface area contributed by atoms with Crippen molar-refractivity contribution in [2.45, 2.75) is 24.7 Å². The minimum atomic E-state index is -3.06. The van der Waals surface area contributed by atoms with Crippen molar-refractivity contribution in [3.05, 3.63) is 42.5 Å². The van der Waals surface area contributed by atoms with Crippen molar-refractivity contribution in [3.63, 3.8) is 0 Å². The van der Waals surface area contributed by atoms with Crippen molar-refractivity contribution in [2.75, 3.05) is 33.3 Å². The Bertz CT molecular complexity index is 720. The van der Waals surface area contributed by atoms with Gasteiger partial charge in [-0.15, -0.1) is 0 Å². The van der Waals surface area contributed by atoms with E-state index in [1.54, 1.807) is 12.0 Å². The summed E-state index contributed by atoms with van der Waals surface area (Å²) >= 11 is 0. The maximum atomic E-state index is 14.1. The van der Waals surface area contributed by atoms with E-state index in [1.807, 2.05) is 24.3 Å². The summed E-state index contributed by atoms with van der Waals surface area (Å²) in [6.07, 6.45) is 1.28. The van der Waals surface area contributed by atoms with Crippen LogP contribution in [0.5, 0.6) is 5.75 Å². The van der Waals surface area contributed by atoms with Crippen LogP contribution in [-0.4, -0.2) is 60.8 Å². The zero-order valence-electron chi connectivity index (χ0n) is 15.4. The molecule has 2 fully saturated rings. The molecule has 2 heterocycles. The number of nitrogens with zero attached hydrogens (tertiary/aromatic N) is 2. The molecule has 5 nitrogen and oxygen atoms in total. The Hall–Kier alpha value is -2.44. The van der Waals surface area contributed by atoms with Gasteiger partial charge in [0, 0.05) is 32.0 Å². The fourth-order valence-corrected chi connectivity index (χ4v) is 3.93. The molecule has 2 amide bonds. The lowest BCUT2D eigenvalue weighted by molar-refractivity contribution is -0.152. The van der Waals surface area contributed by atoms with Crippen molar-refractivity contribution in [1.29, 1.82) is 0 Å². The number of carbonyl (C=O) groups is 2. The molecule has 0 saturated carbocycles. The van der Waals surface area contributed by atoms with Crippen LogP contribution in [0.15, 0.2) is 36.9 Å². The highest BCUT2D eigenvalue weighted by Gasteiger charge is 2.45. The third-order valence-electron chi connectivity index (χ3n) is 5.33. The van der Waals surface area contributed by atoms with Crippen molar-refractivity contribution in [3.8, 4) is 5.75 Å². The van der Waals surface area contributed by atoms with Gasteiger partial charge in [0.2, 0.25) is 11.8 Å². The van der Waals surface area contributed by atoms with Gasteiger partial charge in [0.1, 0.15) is 5.75 Å². The number of halogens is 2. The number of amides is 2. The standard InChI is InChI=1S/C20H24F2N2O3/c1-3-18(25)24-12-16(10-20(21,22)13-24)19(26)23-9-8-15(11-23)14-4-6-17(27-2)7-5-14/h3-7,15-16H,1,8-13H2,2H3. The molecule has 0 bridgehead atoms. The van der Waals surface area contributed by atoms with Gasteiger partial charge in [-0.05, 0) is 30.2 Å². The summed E-state index contributed by atoms with van der Waals surface area (Å²) in [5.74, 6) is -3.87. The second kappa shape index (κ2) is 7.66. The lowest BCUT2D eigenvalue weighted by Crippen LogP contribution is -2.53. The number of ether oxygens (including phenoxy) is 1. The molecule has 2 aliphatic heterocycles. The first-order chi connectivity index (χ1) is 12.8. The highest BCUT2D eigenvalue weighted by Crippen LogP contribution is 2.34. The first-order valence-electron chi connectivity index (χ1n) is 9.05. The highest BCUT2D eigenvalue weighted by molar-refractivity contribution is 5.88. The molecule has 0 aliphatic carbocycles. The van der Waals surface area contributed by atoms with Gasteiger partial charge in [-0.2, -0.15) is 0 Å². The van der Waals surface area contributed by atoms with E-state index in [2.05, 4.69) is 6.58 Å². The van der Waals surface area contributed by atoms with Gasteiger partial charge < -0.3 is 14.5 Å². The Labute approximate surface area is 157 Å². The van der Waals surface area contributed by atoms with Crippen LogP contribution in [0, 0.1) is 5.92 Å². The first kappa shape index (κ1) is 19.3. The van der Waals surface area contributed by atoms with Crippen LogP contribution < -0.4 is 4.74 Å². The number of hydrogen-bond donors (Lipinski definition) is 0. The molecule has 2 atom stereocenters. The van der Waals surface area contributed by atoms with Gasteiger partial charge in [0.15, 0.2) is 0 Å². The monoisotopic (exact) mass is 378 g/mol. The molecule has 3 rings (SSSR count). The molecule has 0 radical (unpaired) electrons. The molecule has 1 aromatic rings. The van der Waals surface area contributed by atoms with E-state index < -0.39 is 30.7 Å². The summed E-state index contributed by atoms with van der Waals surface area (Å²) in [5, 5.41) is 0. The minimum absolute atomic E-state index is 0.0168. The van der Waals surface area contributed by atoms with Crippen molar-refractivity contribution in [2.24, 2.45) is 5.92 Å². The molecular weight excluding hydrogens is 354 g/mol. The zero-order valence-corrected chi connectivity index (χ0v) is 15.4. The molecule has 0 aromatic heterocycles. The Balaban J connectivity index is 1.66. The van der Waals surface area contributed by atoms with Gasteiger partial charge >= 0.3 is 0 Å². The van der Waals surface area contributed by atoms with E-state index >= 15 is 0 Å². The molecule has 0 spiro atoms. The molecule has 146 valence electrons. The quantitative estimate of drug-likeness (QED) is 0.757. The Morgan fingerprint density at radius 1 is 1.22 bits per heavy atom. The second-order valence-corrected chi connectivity index (χ2v) is 7.22.